The summed E-state index contributed by atoms with van der Waals surface area (Å²) in [6.07, 6.45) is -8.29. The largest absolute Gasteiger partial charge is 0.469 e. The monoisotopic (exact) mass is 332 g/mol. The topological polar surface area (TPSA) is 174 Å². The lowest BCUT2D eigenvalue weighted by Gasteiger charge is -2.26. The van der Waals surface area contributed by atoms with Crippen molar-refractivity contribution < 1.29 is 48.8 Å². The van der Waals surface area contributed by atoms with Gasteiger partial charge in [-0.05, 0) is 13.3 Å². The highest BCUT2D eigenvalue weighted by Crippen LogP contribution is 2.35. The summed E-state index contributed by atoms with van der Waals surface area (Å²) in [6, 6.07) is 0. The molecular formula is C10H21O10P. The van der Waals surface area contributed by atoms with E-state index in [1.54, 1.807) is 13.8 Å². The lowest BCUT2D eigenvalue weighted by Crippen LogP contribution is -2.49. The fourth-order valence-electron chi connectivity index (χ4n) is 1.18. The zero-order valence-corrected chi connectivity index (χ0v) is 12.5. The number of ether oxygens (including phenoxy) is 1. The Morgan fingerprint density at radius 3 is 2.10 bits per heavy atom. The van der Waals surface area contributed by atoms with E-state index in [2.05, 4.69) is 4.52 Å². The zero-order valence-electron chi connectivity index (χ0n) is 11.6. The van der Waals surface area contributed by atoms with Gasteiger partial charge in [-0.15, -0.1) is 0 Å². The predicted molar refractivity (Wildman–Crippen MR) is 67.9 cm³/mol. The average Bonchev–Trinajstić information content (AvgIpc) is 2.40. The van der Waals surface area contributed by atoms with E-state index in [0.717, 1.165) is 0 Å². The average molecular weight is 332 g/mol. The van der Waals surface area contributed by atoms with Gasteiger partial charge in [0.15, 0.2) is 6.10 Å². The number of phosphoric ester groups is 1. The summed E-state index contributed by atoms with van der Waals surface area (Å²) in [5.41, 5.74) is 0. The van der Waals surface area contributed by atoms with Gasteiger partial charge in [0, 0.05) is 0 Å². The van der Waals surface area contributed by atoms with Crippen LogP contribution in [0.4, 0.5) is 0 Å². The van der Waals surface area contributed by atoms with Gasteiger partial charge in [-0.25, -0.2) is 9.36 Å². The molecule has 0 spiro atoms. The van der Waals surface area contributed by atoms with Gasteiger partial charge in [0.25, 0.3) is 0 Å². The van der Waals surface area contributed by atoms with Crippen LogP contribution in [0.1, 0.15) is 20.3 Å². The normalized spacial score (nSPS) is 19.4. The van der Waals surface area contributed by atoms with Crippen molar-refractivity contribution in [2.75, 3.05) is 6.61 Å². The van der Waals surface area contributed by atoms with Crippen molar-refractivity contribution in [3.8, 4) is 0 Å². The standard InChI is InChI=1S/C10H21O10P/c1-3-5(2)20-10(15)9(14)8(13)7(12)6(11)4-19-21(16,17)18/h5-9,11-14H,3-4H2,1-2H3,(H2,16,17,18)/t5?,6-,7-,8+,9-/m1/s1. The Kier molecular flexibility index (Phi) is 8.52. The van der Waals surface area contributed by atoms with Crippen molar-refractivity contribution in [3.63, 3.8) is 0 Å². The number of carbonyl (C=O) groups is 1. The fourth-order valence-corrected chi connectivity index (χ4v) is 1.52. The predicted octanol–water partition coefficient (Wildman–Crippen LogP) is -2.12. The van der Waals surface area contributed by atoms with E-state index in [-0.39, 0.29) is 0 Å². The van der Waals surface area contributed by atoms with Crippen LogP contribution in [0.2, 0.25) is 0 Å². The highest BCUT2D eigenvalue weighted by Gasteiger charge is 2.36. The number of carbonyl (C=O) groups excluding carboxylic acids is 1. The highest BCUT2D eigenvalue weighted by molar-refractivity contribution is 7.46. The van der Waals surface area contributed by atoms with E-state index >= 15 is 0 Å². The van der Waals surface area contributed by atoms with Crippen LogP contribution in [0.3, 0.4) is 0 Å². The van der Waals surface area contributed by atoms with Crippen molar-refractivity contribution in [1.82, 2.24) is 0 Å². The van der Waals surface area contributed by atoms with Crippen LogP contribution < -0.4 is 0 Å². The van der Waals surface area contributed by atoms with Crippen LogP contribution in [-0.2, 0) is 18.6 Å². The highest BCUT2D eigenvalue weighted by atomic mass is 31.2. The van der Waals surface area contributed by atoms with Gasteiger partial charge in [-0.3, -0.25) is 4.52 Å². The quantitative estimate of drug-likeness (QED) is 0.202. The second kappa shape index (κ2) is 8.76. The molecule has 0 aromatic rings. The van der Waals surface area contributed by atoms with Crippen LogP contribution in [0.15, 0.2) is 0 Å². The van der Waals surface area contributed by atoms with E-state index in [0.29, 0.717) is 6.42 Å². The second-order valence-electron chi connectivity index (χ2n) is 4.44. The molecule has 0 fully saturated rings. The summed E-state index contributed by atoms with van der Waals surface area (Å²) in [5, 5.41) is 37.9. The number of hydrogen-bond acceptors (Lipinski definition) is 8. The molecule has 0 amide bonds. The van der Waals surface area contributed by atoms with Crippen LogP contribution in [0.5, 0.6) is 0 Å². The number of aliphatic hydroxyl groups excluding tert-OH is 4. The number of aliphatic hydroxyl groups is 4. The zero-order chi connectivity index (χ0) is 16.8. The van der Waals surface area contributed by atoms with E-state index in [1.165, 1.54) is 0 Å². The van der Waals surface area contributed by atoms with E-state index in [9.17, 15) is 29.8 Å². The molecular weight excluding hydrogens is 311 g/mol. The Morgan fingerprint density at radius 2 is 1.67 bits per heavy atom. The summed E-state index contributed by atoms with van der Waals surface area (Å²) in [7, 11) is -4.86. The SMILES string of the molecule is CCC(C)OC(=O)[C@H](O)[C@@H](O)[C@H](O)[C@H](O)COP(=O)(O)O. The number of phosphoric acid groups is 1. The number of esters is 1. The summed E-state index contributed by atoms with van der Waals surface area (Å²) < 4.78 is 19.1. The van der Waals surface area contributed by atoms with Gasteiger partial charge < -0.3 is 34.9 Å². The third-order valence-corrected chi connectivity index (χ3v) is 3.10. The lowest BCUT2D eigenvalue weighted by atomic mass is 10.0. The first-order valence-corrected chi connectivity index (χ1v) is 7.65. The minimum Gasteiger partial charge on any atom is -0.461 e. The lowest BCUT2D eigenvalue weighted by molar-refractivity contribution is -0.174. The van der Waals surface area contributed by atoms with Gasteiger partial charge in [0.05, 0.1) is 12.7 Å². The molecule has 6 N–H and O–H groups in total. The number of rotatable bonds is 9. The molecule has 0 saturated heterocycles. The van der Waals surface area contributed by atoms with Gasteiger partial charge in [-0.2, -0.15) is 0 Å². The molecule has 11 heteroatoms. The molecule has 10 nitrogen and oxygen atoms in total. The molecule has 0 rings (SSSR count). The maximum absolute atomic E-state index is 11.4. The molecule has 0 aliphatic heterocycles. The van der Waals surface area contributed by atoms with Crippen molar-refractivity contribution in [2.24, 2.45) is 0 Å². The van der Waals surface area contributed by atoms with Gasteiger partial charge in [0.1, 0.15) is 18.3 Å². The fraction of sp³-hybridized carbons (Fsp3) is 0.900. The first-order chi connectivity index (χ1) is 9.49. The second-order valence-corrected chi connectivity index (χ2v) is 5.67. The Balaban J connectivity index is 4.50. The van der Waals surface area contributed by atoms with Crippen molar-refractivity contribution in [2.45, 2.75) is 50.8 Å². The minimum absolute atomic E-state index is 0.468. The minimum atomic E-state index is -4.86. The molecule has 1 unspecified atom stereocenters. The Morgan fingerprint density at radius 1 is 1.14 bits per heavy atom. The van der Waals surface area contributed by atoms with E-state index in [1.807, 2.05) is 0 Å². The molecule has 0 aliphatic rings. The van der Waals surface area contributed by atoms with Crippen molar-refractivity contribution in [1.29, 1.82) is 0 Å². The Bertz CT molecular complexity index is 369. The maximum atomic E-state index is 11.4. The summed E-state index contributed by atoms with van der Waals surface area (Å²) in [5.74, 6) is -1.20. The van der Waals surface area contributed by atoms with Gasteiger partial charge in [0.2, 0.25) is 0 Å². The summed E-state index contributed by atoms with van der Waals surface area (Å²) in [6.45, 7) is 2.27. The third-order valence-electron chi connectivity index (χ3n) is 2.61. The molecule has 5 atom stereocenters. The van der Waals surface area contributed by atoms with Crippen LogP contribution >= 0.6 is 7.82 Å². The van der Waals surface area contributed by atoms with E-state index < -0.39 is 50.9 Å². The van der Waals surface area contributed by atoms with Crippen molar-refractivity contribution in [3.05, 3.63) is 0 Å². The molecule has 0 heterocycles. The first-order valence-electron chi connectivity index (χ1n) is 6.12. The van der Waals surface area contributed by atoms with Crippen LogP contribution in [0.25, 0.3) is 0 Å². The van der Waals surface area contributed by atoms with Gasteiger partial charge >= 0.3 is 13.8 Å². The molecule has 0 aromatic carbocycles. The smallest absolute Gasteiger partial charge is 0.461 e. The molecule has 0 saturated carbocycles. The Hall–Kier alpha value is -0.580. The summed E-state index contributed by atoms with van der Waals surface area (Å²) in [4.78, 5) is 28.3. The van der Waals surface area contributed by atoms with Gasteiger partial charge in [-0.1, -0.05) is 6.92 Å². The molecule has 21 heavy (non-hydrogen) atoms. The summed E-state index contributed by atoms with van der Waals surface area (Å²) >= 11 is 0. The molecule has 0 radical (unpaired) electrons. The third kappa shape index (κ3) is 7.84. The first kappa shape index (κ1) is 20.4. The van der Waals surface area contributed by atoms with E-state index in [4.69, 9.17) is 14.5 Å². The molecule has 0 bridgehead atoms. The van der Waals surface area contributed by atoms with Crippen LogP contribution in [0, 0.1) is 0 Å². The molecule has 0 aromatic heterocycles. The Labute approximate surface area is 121 Å². The molecule has 126 valence electrons. The van der Waals surface area contributed by atoms with Crippen LogP contribution in [-0.4, -0.2) is 73.3 Å². The van der Waals surface area contributed by atoms with Crippen molar-refractivity contribution >= 4 is 13.8 Å². The maximum Gasteiger partial charge on any atom is 0.469 e. The molecule has 0 aliphatic carbocycles. The number of hydrogen-bond donors (Lipinski definition) is 6.